The van der Waals surface area contributed by atoms with Gasteiger partial charge in [0.25, 0.3) is 6.43 Å². The van der Waals surface area contributed by atoms with Gasteiger partial charge in [-0.05, 0) is 56.4 Å². The summed E-state index contributed by atoms with van der Waals surface area (Å²) in [6.45, 7) is 10.6. The number of rotatable bonds is 14. The number of ether oxygens (including phenoxy) is 2. The summed E-state index contributed by atoms with van der Waals surface area (Å²) < 4.78 is 39.8. The number of pyridine rings is 1. The number of hydrogen-bond acceptors (Lipinski definition) is 7. The molecule has 0 aliphatic carbocycles. The Morgan fingerprint density at radius 3 is 2.21 bits per heavy atom. The molecule has 1 unspecified atom stereocenters. The van der Waals surface area contributed by atoms with Gasteiger partial charge in [0, 0.05) is 18.2 Å². The molecule has 0 aliphatic heterocycles. The lowest BCUT2D eigenvalue weighted by atomic mass is 10.00. The molecule has 12 heteroatoms. The summed E-state index contributed by atoms with van der Waals surface area (Å²) in [4.78, 5) is 42.7. The number of alkyl carbamates (subject to hydrolysis) is 1. The van der Waals surface area contributed by atoms with Gasteiger partial charge in [-0.15, -0.1) is 0 Å². The third-order valence-electron chi connectivity index (χ3n) is 6.99. The predicted molar refractivity (Wildman–Crippen MR) is 175 cm³/mol. The van der Waals surface area contributed by atoms with Gasteiger partial charge < -0.3 is 30.5 Å². The van der Waals surface area contributed by atoms with Crippen LogP contribution in [0.25, 0.3) is 11.1 Å². The maximum Gasteiger partial charge on any atom is 0.408 e. The summed E-state index contributed by atoms with van der Waals surface area (Å²) in [6, 6.07) is 13.2. The van der Waals surface area contributed by atoms with Crippen molar-refractivity contribution in [2.75, 3.05) is 5.32 Å². The number of hydrogen-bond donors (Lipinski definition) is 4. The van der Waals surface area contributed by atoms with Crippen molar-refractivity contribution in [3.05, 3.63) is 72.1 Å². The average molecular weight is 655 g/mol. The highest BCUT2D eigenvalue weighted by molar-refractivity contribution is 6.01. The first-order chi connectivity index (χ1) is 22.2. The standard InChI is InChI=1S/C35H44F2N4O6/c1-7-8-14-26(42)39-30(32(36)37)29-31(43)28(40-33(44)27(21(2)3)41-34(45)47-35(4,5)6)25(19-38-29)23-15-17-24(18-16-23)46-20-22-12-10-9-11-13-22/h9-13,15-19,21,27,30,32,43H,7-8,14,20H2,1-6H3,(H,39,42)(H,41,45)(H,38,40,44)/t27-,30?/m0/s1. The van der Waals surface area contributed by atoms with Crippen LogP contribution in [0.15, 0.2) is 60.8 Å². The Morgan fingerprint density at radius 2 is 1.64 bits per heavy atom. The number of nitrogens with zero attached hydrogens (tertiary/aromatic N) is 1. The van der Waals surface area contributed by atoms with Gasteiger partial charge in [0.1, 0.15) is 35.7 Å². The molecule has 0 saturated heterocycles. The molecule has 4 N–H and O–H groups in total. The van der Waals surface area contributed by atoms with Crippen molar-refractivity contribution in [2.24, 2.45) is 5.92 Å². The highest BCUT2D eigenvalue weighted by Gasteiger charge is 2.33. The molecule has 1 aromatic heterocycles. The van der Waals surface area contributed by atoms with Crippen LogP contribution >= 0.6 is 0 Å². The van der Waals surface area contributed by atoms with Gasteiger partial charge in [-0.3, -0.25) is 14.6 Å². The molecule has 3 amide bonds. The number of carbonyl (C=O) groups excluding carboxylic acids is 3. The molecule has 3 rings (SSSR count). The van der Waals surface area contributed by atoms with Crippen molar-refractivity contribution in [1.29, 1.82) is 0 Å². The van der Waals surface area contributed by atoms with E-state index in [-0.39, 0.29) is 17.7 Å². The van der Waals surface area contributed by atoms with E-state index < -0.39 is 59.4 Å². The summed E-state index contributed by atoms with van der Waals surface area (Å²) in [7, 11) is 0. The fraction of sp³-hybridized carbons (Fsp3) is 0.429. The van der Waals surface area contributed by atoms with Crippen molar-refractivity contribution in [2.45, 2.75) is 91.5 Å². The minimum Gasteiger partial charge on any atom is -0.504 e. The summed E-state index contributed by atoms with van der Waals surface area (Å²) in [5.74, 6) is -1.99. The highest BCUT2D eigenvalue weighted by atomic mass is 19.3. The molecule has 0 radical (unpaired) electrons. The Morgan fingerprint density at radius 1 is 0.979 bits per heavy atom. The SMILES string of the molecule is CCCCC(=O)NC(c1ncc(-c2ccc(OCc3ccccc3)cc2)c(NC(=O)[C@@H](NC(=O)OC(C)(C)C)C(C)C)c1O)C(F)F. The minimum atomic E-state index is -3.12. The number of aromatic hydroxyl groups is 1. The number of carbonyl (C=O) groups is 3. The predicted octanol–water partition coefficient (Wildman–Crippen LogP) is 7.13. The van der Waals surface area contributed by atoms with Crippen molar-refractivity contribution < 1.29 is 37.7 Å². The lowest BCUT2D eigenvalue weighted by molar-refractivity contribution is -0.123. The van der Waals surface area contributed by atoms with Crippen molar-refractivity contribution in [3.8, 4) is 22.6 Å². The van der Waals surface area contributed by atoms with Crippen LogP contribution < -0.4 is 20.7 Å². The molecule has 47 heavy (non-hydrogen) atoms. The summed E-state index contributed by atoms with van der Waals surface area (Å²) in [6.07, 6.45) is -1.51. The van der Waals surface area contributed by atoms with Crippen molar-refractivity contribution in [3.63, 3.8) is 0 Å². The smallest absolute Gasteiger partial charge is 0.408 e. The van der Waals surface area contributed by atoms with Gasteiger partial charge in [-0.2, -0.15) is 0 Å². The van der Waals surface area contributed by atoms with Crippen LogP contribution in [0, 0.1) is 5.92 Å². The first-order valence-corrected chi connectivity index (χ1v) is 15.6. The molecule has 254 valence electrons. The second-order valence-electron chi connectivity index (χ2n) is 12.4. The number of halogens is 2. The van der Waals surface area contributed by atoms with E-state index in [0.29, 0.717) is 30.8 Å². The lowest BCUT2D eigenvalue weighted by Crippen LogP contribution is -2.48. The van der Waals surface area contributed by atoms with Gasteiger partial charge in [0.05, 0.1) is 5.69 Å². The molecular weight excluding hydrogens is 610 g/mol. The van der Waals surface area contributed by atoms with E-state index in [9.17, 15) is 28.3 Å². The van der Waals surface area contributed by atoms with E-state index in [2.05, 4.69) is 20.9 Å². The maximum absolute atomic E-state index is 14.3. The first kappa shape index (κ1) is 36.7. The Balaban J connectivity index is 2.01. The topological polar surface area (TPSA) is 139 Å². The largest absolute Gasteiger partial charge is 0.504 e. The van der Waals surface area contributed by atoms with Gasteiger partial charge in [-0.1, -0.05) is 69.7 Å². The molecule has 0 saturated carbocycles. The number of nitrogens with one attached hydrogen (secondary N) is 3. The number of unbranched alkanes of at least 4 members (excludes halogenated alkanes) is 1. The number of alkyl halides is 2. The third-order valence-corrected chi connectivity index (χ3v) is 6.99. The quantitative estimate of drug-likeness (QED) is 0.145. The fourth-order valence-corrected chi connectivity index (χ4v) is 4.56. The average Bonchev–Trinajstić information content (AvgIpc) is 3.01. The molecule has 1 heterocycles. The number of amides is 3. The van der Waals surface area contributed by atoms with Gasteiger partial charge in [0.2, 0.25) is 11.8 Å². The molecule has 2 atom stereocenters. The van der Waals surface area contributed by atoms with E-state index in [1.54, 1.807) is 58.9 Å². The highest BCUT2D eigenvalue weighted by Crippen LogP contribution is 2.40. The number of anilines is 1. The first-order valence-electron chi connectivity index (χ1n) is 15.6. The summed E-state index contributed by atoms with van der Waals surface area (Å²) in [5, 5.41) is 18.8. The monoisotopic (exact) mass is 654 g/mol. The molecule has 10 nitrogen and oxygen atoms in total. The third kappa shape index (κ3) is 10.9. The van der Waals surface area contributed by atoms with E-state index in [1.165, 1.54) is 6.20 Å². The lowest BCUT2D eigenvalue weighted by Gasteiger charge is -2.26. The Labute approximate surface area is 274 Å². The molecular formula is C35H44F2N4O6. The number of aromatic nitrogens is 1. The Kier molecular flexibility index (Phi) is 13.1. The minimum absolute atomic E-state index is 0.0211. The van der Waals surface area contributed by atoms with Gasteiger partial charge >= 0.3 is 6.09 Å². The Bertz CT molecular complexity index is 1490. The summed E-state index contributed by atoms with van der Waals surface area (Å²) in [5.41, 5.74) is 0.0937. The van der Waals surface area contributed by atoms with Crippen LogP contribution in [0.5, 0.6) is 11.5 Å². The van der Waals surface area contributed by atoms with Crippen LogP contribution in [-0.2, 0) is 20.9 Å². The van der Waals surface area contributed by atoms with E-state index >= 15 is 0 Å². The molecule has 3 aromatic rings. The van der Waals surface area contributed by atoms with Crippen molar-refractivity contribution >= 4 is 23.6 Å². The van der Waals surface area contributed by atoms with E-state index in [1.807, 2.05) is 37.3 Å². The van der Waals surface area contributed by atoms with Crippen LogP contribution in [0.1, 0.15) is 78.1 Å². The molecule has 0 aliphatic rings. The van der Waals surface area contributed by atoms with Gasteiger partial charge in [0.15, 0.2) is 5.75 Å². The maximum atomic E-state index is 14.3. The number of benzene rings is 2. The fourth-order valence-electron chi connectivity index (χ4n) is 4.56. The van der Waals surface area contributed by atoms with Crippen LogP contribution in [0.2, 0.25) is 0 Å². The second-order valence-corrected chi connectivity index (χ2v) is 12.4. The van der Waals surface area contributed by atoms with E-state index in [0.717, 1.165) is 5.56 Å². The summed E-state index contributed by atoms with van der Waals surface area (Å²) >= 11 is 0. The normalized spacial score (nSPS) is 12.7. The zero-order chi connectivity index (χ0) is 34.7. The molecule has 2 aromatic carbocycles. The molecule has 0 fully saturated rings. The second kappa shape index (κ2) is 16.7. The zero-order valence-electron chi connectivity index (χ0n) is 27.6. The van der Waals surface area contributed by atoms with Crippen LogP contribution in [0.4, 0.5) is 19.3 Å². The molecule has 0 spiro atoms. The van der Waals surface area contributed by atoms with Crippen LogP contribution in [-0.4, -0.2) is 46.1 Å². The van der Waals surface area contributed by atoms with E-state index in [4.69, 9.17) is 9.47 Å². The van der Waals surface area contributed by atoms with Crippen LogP contribution in [0.3, 0.4) is 0 Å². The molecule has 0 bridgehead atoms. The van der Waals surface area contributed by atoms with Gasteiger partial charge in [-0.25, -0.2) is 13.6 Å². The van der Waals surface area contributed by atoms with Crippen molar-refractivity contribution in [1.82, 2.24) is 15.6 Å². The Hall–Kier alpha value is -4.74. The zero-order valence-corrected chi connectivity index (χ0v) is 27.6.